The molecular weight excluding hydrogens is 325 g/mol. The molecule has 0 saturated carbocycles. The molecule has 1 aromatic rings. The van der Waals surface area contributed by atoms with Gasteiger partial charge < -0.3 is 9.90 Å². The standard InChI is InChI=1S/C15H14FNO3S2/c16-11-6-4-10(5-7-11)9-12-14(20)17(15(21)22-12)8-2-1-3-13(18)19/h4-7,9H,1-3,8H2,(H,18,19)/p-1/b12-9+. The van der Waals surface area contributed by atoms with Gasteiger partial charge in [-0.25, -0.2) is 4.39 Å². The van der Waals surface area contributed by atoms with E-state index in [9.17, 15) is 19.1 Å². The molecule has 0 aromatic heterocycles. The Balaban J connectivity index is 1.99. The Labute approximate surface area is 137 Å². The summed E-state index contributed by atoms with van der Waals surface area (Å²) in [6, 6.07) is 5.82. The maximum Gasteiger partial charge on any atom is 0.266 e. The molecule has 0 aliphatic carbocycles. The van der Waals surface area contributed by atoms with E-state index in [1.807, 2.05) is 0 Å². The molecular formula is C15H13FNO3S2-. The van der Waals surface area contributed by atoms with Crippen LogP contribution in [0.25, 0.3) is 6.08 Å². The Morgan fingerprint density at radius 2 is 2.00 bits per heavy atom. The minimum atomic E-state index is -1.10. The van der Waals surface area contributed by atoms with Crippen LogP contribution in [0.4, 0.5) is 4.39 Å². The molecule has 116 valence electrons. The molecule has 0 unspecified atom stereocenters. The lowest BCUT2D eigenvalue weighted by atomic mass is 10.2. The fourth-order valence-electron chi connectivity index (χ4n) is 1.94. The zero-order valence-corrected chi connectivity index (χ0v) is 13.2. The quantitative estimate of drug-likeness (QED) is 0.451. The van der Waals surface area contributed by atoms with Crippen molar-refractivity contribution in [2.24, 2.45) is 0 Å². The summed E-state index contributed by atoms with van der Waals surface area (Å²) in [4.78, 5) is 24.6. The molecule has 1 saturated heterocycles. The third-order valence-corrected chi connectivity index (χ3v) is 4.43. The third-order valence-electron chi connectivity index (χ3n) is 3.05. The van der Waals surface area contributed by atoms with Crippen molar-refractivity contribution in [2.45, 2.75) is 19.3 Å². The van der Waals surface area contributed by atoms with E-state index in [2.05, 4.69) is 0 Å². The van der Waals surface area contributed by atoms with Gasteiger partial charge in [0, 0.05) is 12.5 Å². The lowest BCUT2D eigenvalue weighted by molar-refractivity contribution is -0.305. The van der Waals surface area contributed by atoms with Gasteiger partial charge in [-0.3, -0.25) is 9.69 Å². The Kier molecular flexibility index (Phi) is 5.68. The number of hydrogen-bond acceptors (Lipinski definition) is 5. The Morgan fingerprint density at radius 1 is 1.32 bits per heavy atom. The first-order valence-electron chi connectivity index (χ1n) is 6.68. The van der Waals surface area contributed by atoms with Crippen LogP contribution in [0, 0.1) is 5.82 Å². The summed E-state index contributed by atoms with van der Waals surface area (Å²) >= 11 is 6.36. The van der Waals surface area contributed by atoms with E-state index in [1.54, 1.807) is 18.2 Å². The van der Waals surface area contributed by atoms with E-state index in [0.29, 0.717) is 28.6 Å². The molecule has 0 bridgehead atoms. The molecule has 1 aliphatic rings. The highest BCUT2D eigenvalue weighted by Crippen LogP contribution is 2.32. The molecule has 0 spiro atoms. The molecule has 1 fully saturated rings. The van der Waals surface area contributed by atoms with Crippen molar-refractivity contribution >= 4 is 46.3 Å². The lowest BCUT2D eigenvalue weighted by Crippen LogP contribution is -2.29. The number of thioether (sulfide) groups is 1. The summed E-state index contributed by atoms with van der Waals surface area (Å²) in [5.74, 6) is -1.63. The normalized spacial score (nSPS) is 16.6. The van der Waals surface area contributed by atoms with Gasteiger partial charge in [-0.2, -0.15) is 0 Å². The van der Waals surface area contributed by atoms with Gasteiger partial charge in [0.2, 0.25) is 0 Å². The number of carbonyl (C=O) groups excluding carboxylic acids is 2. The smallest absolute Gasteiger partial charge is 0.266 e. The maximum absolute atomic E-state index is 12.9. The van der Waals surface area contributed by atoms with Crippen LogP contribution in [0.3, 0.4) is 0 Å². The molecule has 1 aliphatic heterocycles. The second-order valence-corrected chi connectivity index (χ2v) is 6.39. The van der Waals surface area contributed by atoms with Gasteiger partial charge in [0.15, 0.2) is 0 Å². The number of carbonyl (C=O) groups is 2. The Morgan fingerprint density at radius 3 is 2.64 bits per heavy atom. The van der Waals surface area contributed by atoms with Crippen molar-refractivity contribution in [3.8, 4) is 0 Å². The van der Waals surface area contributed by atoms with Crippen LogP contribution in [0.5, 0.6) is 0 Å². The van der Waals surface area contributed by atoms with Gasteiger partial charge in [-0.1, -0.05) is 36.1 Å². The van der Waals surface area contributed by atoms with Crippen molar-refractivity contribution in [1.29, 1.82) is 0 Å². The van der Waals surface area contributed by atoms with Crippen LogP contribution in [0.15, 0.2) is 29.2 Å². The first kappa shape index (κ1) is 16.6. The van der Waals surface area contributed by atoms with Crippen LogP contribution >= 0.6 is 24.0 Å². The predicted octanol–water partition coefficient (Wildman–Crippen LogP) is 1.95. The second kappa shape index (κ2) is 7.51. The summed E-state index contributed by atoms with van der Waals surface area (Å²) in [5, 5.41) is 10.3. The van der Waals surface area contributed by atoms with Crippen molar-refractivity contribution in [2.75, 3.05) is 6.54 Å². The average Bonchev–Trinajstić information content (AvgIpc) is 2.72. The monoisotopic (exact) mass is 338 g/mol. The van der Waals surface area contributed by atoms with Gasteiger partial charge >= 0.3 is 0 Å². The van der Waals surface area contributed by atoms with Gasteiger partial charge in [-0.05, 0) is 43.0 Å². The summed E-state index contributed by atoms with van der Waals surface area (Å²) < 4.78 is 13.3. The summed E-state index contributed by atoms with van der Waals surface area (Å²) in [5.41, 5.74) is 0.721. The number of nitrogens with zero attached hydrogens (tertiary/aromatic N) is 1. The first-order valence-corrected chi connectivity index (χ1v) is 7.90. The molecule has 0 atom stereocenters. The number of hydrogen-bond donors (Lipinski definition) is 0. The molecule has 4 nitrogen and oxygen atoms in total. The highest BCUT2D eigenvalue weighted by atomic mass is 32.2. The van der Waals surface area contributed by atoms with E-state index in [-0.39, 0.29) is 18.1 Å². The van der Waals surface area contributed by atoms with Crippen molar-refractivity contribution < 1.29 is 19.1 Å². The Hall–Kier alpha value is -1.73. The van der Waals surface area contributed by atoms with E-state index < -0.39 is 5.97 Å². The zero-order chi connectivity index (χ0) is 16.1. The van der Waals surface area contributed by atoms with E-state index in [1.165, 1.54) is 28.8 Å². The van der Waals surface area contributed by atoms with Gasteiger partial charge in [0.25, 0.3) is 5.91 Å². The van der Waals surface area contributed by atoms with Crippen LogP contribution in [0.1, 0.15) is 24.8 Å². The zero-order valence-electron chi connectivity index (χ0n) is 11.6. The number of carboxylic acids is 1. The second-order valence-electron chi connectivity index (χ2n) is 4.71. The number of rotatable bonds is 6. The van der Waals surface area contributed by atoms with E-state index in [0.717, 1.165) is 5.56 Å². The fraction of sp³-hybridized carbons (Fsp3) is 0.267. The van der Waals surface area contributed by atoms with E-state index in [4.69, 9.17) is 12.2 Å². The average molecular weight is 338 g/mol. The predicted molar refractivity (Wildman–Crippen MR) is 85.1 cm³/mol. The maximum atomic E-state index is 12.9. The molecule has 22 heavy (non-hydrogen) atoms. The number of halogens is 1. The molecule has 1 aromatic carbocycles. The minimum Gasteiger partial charge on any atom is -0.550 e. The lowest BCUT2D eigenvalue weighted by Gasteiger charge is -2.14. The van der Waals surface area contributed by atoms with E-state index >= 15 is 0 Å². The third kappa shape index (κ3) is 4.38. The molecule has 1 amide bonds. The molecule has 1 heterocycles. The van der Waals surface area contributed by atoms with Crippen LogP contribution in [-0.2, 0) is 9.59 Å². The van der Waals surface area contributed by atoms with Crippen molar-refractivity contribution in [3.63, 3.8) is 0 Å². The molecule has 0 radical (unpaired) electrons. The van der Waals surface area contributed by atoms with Crippen LogP contribution < -0.4 is 5.11 Å². The van der Waals surface area contributed by atoms with Crippen LogP contribution in [0.2, 0.25) is 0 Å². The molecule has 2 rings (SSSR count). The number of amides is 1. The molecule has 0 N–H and O–H groups in total. The van der Waals surface area contributed by atoms with Gasteiger partial charge in [0.05, 0.1) is 4.91 Å². The highest BCUT2D eigenvalue weighted by molar-refractivity contribution is 8.26. The van der Waals surface area contributed by atoms with Crippen molar-refractivity contribution in [3.05, 3.63) is 40.6 Å². The summed E-state index contributed by atoms with van der Waals surface area (Å²) in [7, 11) is 0. The fourth-order valence-corrected chi connectivity index (χ4v) is 3.25. The topological polar surface area (TPSA) is 60.4 Å². The van der Waals surface area contributed by atoms with Gasteiger partial charge in [0.1, 0.15) is 10.1 Å². The summed E-state index contributed by atoms with van der Waals surface area (Å²) in [6.45, 7) is 0.388. The number of benzene rings is 1. The number of unbranched alkanes of at least 4 members (excludes halogenated alkanes) is 1. The number of thiocarbonyl (C=S) groups is 1. The summed E-state index contributed by atoms with van der Waals surface area (Å²) in [6.07, 6.45) is 2.63. The minimum absolute atomic E-state index is 0.0276. The SMILES string of the molecule is O=C([O-])CCCCN1C(=O)/C(=C\c2ccc(F)cc2)SC1=S. The number of aliphatic carboxylic acids is 1. The number of carboxylic acid groups (broad SMARTS) is 1. The first-order chi connectivity index (χ1) is 10.5. The van der Waals surface area contributed by atoms with Crippen LogP contribution in [-0.4, -0.2) is 27.6 Å². The Bertz CT molecular complexity index is 628. The largest absolute Gasteiger partial charge is 0.550 e. The highest BCUT2D eigenvalue weighted by Gasteiger charge is 2.31. The van der Waals surface area contributed by atoms with Crippen molar-refractivity contribution in [1.82, 2.24) is 4.90 Å². The molecule has 7 heteroatoms. The van der Waals surface area contributed by atoms with Gasteiger partial charge in [-0.15, -0.1) is 0 Å².